The number of rotatable bonds is 3. The molecule has 3 aromatic rings. The minimum absolute atomic E-state index is 0.0776. The Morgan fingerprint density at radius 1 is 0.652 bits per heavy atom. The monoisotopic (exact) mass is 300 g/mol. The van der Waals surface area contributed by atoms with Crippen molar-refractivity contribution in [3.63, 3.8) is 0 Å². The van der Waals surface area contributed by atoms with Crippen molar-refractivity contribution in [2.75, 3.05) is 0 Å². The normalized spacial score (nSPS) is 9.96. The van der Waals surface area contributed by atoms with E-state index in [0.717, 1.165) is 5.56 Å². The molecule has 0 amide bonds. The zero-order chi connectivity index (χ0) is 16.3. The predicted molar refractivity (Wildman–Crippen MR) is 98.0 cm³/mol. The highest BCUT2D eigenvalue weighted by atomic mass is 16.1. The van der Waals surface area contributed by atoms with Gasteiger partial charge in [0, 0.05) is 0 Å². The number of hydrogen-bond donors (Lipinski definition) is 0. The van der Waals surface area contributed by atoms with E-state index < -0.39 is 0 Å². The highest BCUT2D eigenvalue weighted by Gasteiger charge is 1.91. The van der Waals surface area contributed by atoms with E-state index in [0.29, 0.717) is 0 Å². The molecular formula is C22H20O. The summed E-state index contributed by atoms with van der Waals surface area (Å²) < 4.78 is 0. The van der Waals surface area contributed by atoms with Crippen LogP contribution in [0.1, 0.15) is 12.5 Å². The van der Waals surface area contributed by atoms with Crippen molar-refractivity contribution in [2.24, 2.45) is 0 Å². The van der Waals surface area contributed by atoms with Crippen LogP contribution in [0.3, 0.4) is 0 Å². The van der Waals surface area contributed by atoms with Gasteiger partial charge in [-0.05, 0) is 29.7 Å². The first-order valence-corrected chi connectivity index (χ1v) is 7.60. The number of carbonyl (C=O) groups is 1. The van der Waals surface area contributed by atoms with Gasteiger partial charge in [0.15, 0.2) is 5.78 Å². The molecule has 0 unspecified atom stereocenters. The third kappa shape index (κ3) is 6.15. The van der Waals surface area contributed by atoms with Crippen molar-refractivity contribution >= 4 is 11.9 Å². The van der Waals surface area contributed by atoms with E-state index in [1.807, 2.05) is 48.5 Å². The molecule has 0 N–H and O–H groups in total. The van der Waals surface area contributed by atoms with Crippen LogP contribution in [0.5, 0.6) is 0 Å². The third-order valence-electron chi connectivity index (χ3n) is 3.19. The first-order valence-electron chi connectivity index (χ1n) is 7.60. The maximum atomic E-state index is 10.5. The quantitative estimate of drug-likeness (QED) is 0.572. The van der Waals surface area contributed by atoms with Crippen LogP contribution in [0, 0.1) is 0 Å². The molecule has 0 bridgehead atoms. The van der Waals surface area contributed by atoms with E-state index >= 15 is 0 Å². The SMILES string of the molecule is CC(=O)C=Cc1ccccc1.c1ccc(-c2ccccc2)cc1. The fourth-order valence-electron chi connectivity index (χ4n) is 2.04. The molecule has 0 fully saturated rings. The zero-order valence-corrected chi connectivity index (χ0v) is 13.2. The molecule has 1 nitrogen and oxygen atoms in total. The molecule has 0 aliphatic carbocycles. The second-order valence-corrected chi connectivity index (χ2v) is 5.09. The molecular weight excluding hydrogens is 280 g/mol. The Morgan fingerprint density at radius 2 is 1.04 bits per heavy atom. The van der Waals surface area contributed by atoms with Gasteiger partial charge in [0.05, 0.1) is 0 Å². The summed E-state index contributed by atoms with van der Waals surface area (Å²) in [6.07, 6.45) is 3.37. The Labute approximate surface area is 137 Å². The number of carbonyl (C=O) groups excluding carboxylic acids is 1. The van der Waals surface area contributed by atoms with Crippen LogP contribution in [0.4, 0.5) is 0 Å². The van der Waals surface area contributed by atoms with Gasteiger partial charge in [-0.3, -0.25) is 4.79 Å². The van der Waals surface area contributed by atoms with Gasteiger partial charge < -0.3 is 0 Å². The molecule has 1 heteroatoms. The lowest BCUT2D eigenvalue weighted by molar-refractivity contribution is -0.112. The Hall–Kier alpha value is -2.93. The van der Waals surface area contributed by atoms with Crippen molar-refractivity contribution < 1.29 is 4.79 Å². The topological polar surface area (TPSA) is 17.1 Å². The Balaban J connectivity index is 0.000000168. The summed E-state index contributed by atoms with van der Waals surface area (Å²) in [4.78, 5) is 10.5. The van der Waals surface area contributed by atoms with Crippen molar-refractivity contribution in [1.82, 2.24) is 0 Å². The molecule has 0 heterocycles. The molecule has 0 radical (unpaired) electrons. The summed E-state index contributed by atoms with van der Waals surface area (Å²) >= 11 is 0. The summed E-state index contributed by atoms with van der Waals surface area (Å²) in [5.41, 5.74) is 3.61. The highest BCUT2D eigenvalue weighted by Crippen LogP contribution is 2.17. The van der Waals surface area contributed by atoms with Crippen molar-refractivity contribution in [2.45, 2.75) is 6.92 Å². The van der Waals surface area contributed by atoms with Gasteiger partial charge in [0.25, 0.3) is 0 Å². The van der Waals surface area contributed by atoms with Gasteiger partial charge in [-0.2, -0.15) is 0 Å². The van der Waals surface area contributed by atoms with Gasteiger partial charge in [-0.25, -0.2) is 0 Å². The fraction of sp³-hybridized carbons (Fsp3) is 0.0455. The predicted octanol–water partition coefficient (Wildman–Crippen LogP) is 5.64. The molecule has 23 heavy (non-hydrogen) atoms. The van der Waals surface area contributed by atoms with Crippen LogP contribution in [0.15, 0.2) is 97.1 Å². The maximum Gasteiger partial charge on any atom is 0.152 e. The van der Waals surface area contributed by atoms with E-state index in [1.54, 1.807) is 13.0 Å². The number of hydrogen-bond acceptors (Lipinski definition) is 1. The van der Waals surface area contributed by atoms with Crippen LogP contribution in [-0.2, 0) is 4.79 Å². The molecule has 0 aliphatic heterocycles. The van der Waals surface area contributed by atoms with Gasteiger partial charge >= 0.3 is 0 Å². The van der Waals surface area contributed by atoms with Crippen molar-refractivity contribution in [3.05, 3.63) is 103 Å². The second-order valence-electron chi connectivity index (χ2n) is 5.09. The lowest BCUT2D eigenvalue weighted by Crippen LogP contribution is -1.79. The molecule has 0 aliphatic rings. The molecule has 114 valence electrons. The summed E-state index contributed by atoms with van der Waals surface area (Å²) in [6.45, 7) is 1.54. The standard InChI is InChI=1S/C12H10.C10H10O/c1-3-7-11(8-4-1)12-9-5-2-6-10-12;1-9(11)7-8-10-5-3-2-4-6-10/h1-10H;2-8H,1H3. The van der Waals surface area contributed by atoms with E-state index in [1.165, 1.54) is 11.1 Å². The molecule has 0 aromatic heterocycles. The summed E-state index contributed by atoms with van der Waals surface area (Å²) in [5, 5.41) is 0. The van der Waals surface area contributed by atoms with Crippen LogP contribution in [0.2, 0.25) is 0 Å². The molecule has 0 saturated carbocycles. The molecule has 3 aromatic carbocycles. The van der Waals surface area contributed by atoms with Crippen LogP contribution < -0.4 is 0 Å². The van der Waals surface area contributed by atoms with E-state index in [9.17, 15) is 4.79 Å². The lowest BCUT2D eigenvalue weighted by Gasteiger charge is -1.98. The minimum Gasteiger partial charge on any atom is -0.295 e. The average molecular weight is 300 g/mol. The summed E-state index contributed by atoms with van der Waals surface area (Å²) in [5.74, 6) is 0.0776. The third-order valence-corrected chi connectivity index (χ3v) is 3.19. The summed E-state index contributed by atoms with van der Waals surface area (Å²) in [6, 6.07) is 30.5. The molecule has 0 atom stereocenters. The summed E-state index contributed by atoms with van der Waals surface area (Å²) in [7, 11) is 0. The van der Waals surface area contributed by atoms with E-state index in [-0.39, 0.29) is 5.78 Å². The van der Waals surface area contributed by atoms with Gasteiger partial charge in [-0.1, -0.05) is 97.1 Å². The van der Waals surface area contributed by atoms with Crippen LogP contribution in [-0.4, -0.2) is 5.78 Å². The highest BCUT2D eigenvalue weighted by molar-refractivity contribution is 5.91. The molecule has 3 rings (SSSR count). The maximum absolute atomic E-state index is 10.5. The molecule has 0 saturated heterocycles. The Morgan fingerprint density at radius 3 is 1.43 bits per heavy atom. The molecule has 0 spiro atoms. The first-order chi connectivity index (χ1) is 11.3. The lowest BCUT2D eigenvalue weighted by atomic mass is 10.1. The average Bonchev–Trinajstić information content (AvgIpc) is 2.63. The van der Waals surface area contributed by atoms with Crippen molar-refractivity contribution in [3.8, 4) is 11.1 Å². The fourth-order valence-corrected chi connectivity index (χ4v) is 2.04. The number of benzene rings is 3. The largest absolute Gasteiger partial charge is 0.295 e. The van der Waals surface area contributed by atoms with Crippen LogP contribution >= 0.6 is 0 Å². The number of ketones is 1. The van der Waals surface area contributed by atoms with Crippen molar-refractivity contribution in [1.29, 1.82) is 0 Å². The van der Waals surface area contributed by atoms with Gasteiger partial charge in [0.2, 0.25) is 0 Å². The number of allylic oxidation sites excluding steroid dienone is 1. The zero-order valence-electron chi connectivity index (χ0n) is 13.2. The van der Waals surface area contributed by atoms with E-state index in [2.05, 4.69) is 48.5 Å². The minimum atomic E-state index is 0.0776. The van der Waals surface area contributed by atoms with Crippen LogP contribution in [0.25, 0.3) is 17.2 Å². The van der Waals surface area contributed by atoms with Gasteiger partial charge in [0.1, 0.15) is 0 Å². The second kappa shape index (κ2) is 9.16. The van der Waals surface area contributed by atoms with E-state index in [4.69, 9.17) is 0 Å². The Kier molecular flexibility index (Phi) is 6.55. The first kappa shape index (κ1) is 16.4. The Bertz CT molecular complexity index is 691. The van der Waals surface area contributed by atoms with Gasteiger partial charge in [-0.15, -0.1) is 0 Å². The smallest absolute Gasteiger partial charge is 0.152 e.